The van der Waals surface area contributed by atoms with Crippen molar-refractivity contribution in [1.29, 1.82) is 10.5 Å². The van der Waals surface area contributed by atoms with E-state index in [0.29, 0.717) is 0 Å². The molecule has 0 spiro atoms. The Hall–Kier alpha value is -2.79. The summed E-state index contributed by atoms with van der Waals surface area (Å²) in [6, 6.07) is 3.84. The van der Waals surface area contributed by atoms with Crippen LogP contribution in [-0.4, -0.2) is 48.1 Å². The minimum Gasteiger partial charge on any atom is -0.394 e. The molecule has 0 aliphatic carbocycles. The van der Waals surface area contributed by atoms with Crippen LogP contribution in [0.1, 0.15) is 12.6 Å². The van der Waals surface area contributed by atoms with Crippen molar-refractivity contribution in [3.8, 4) is 12.1 Å². The smallest absolute Gasteiger partial charge is 0.217 e. The van der Waals surface area contributed by atoms with Crippen molar-refractivity contribution < 1.29 is 14.9 Å². The van der Waals surface area contributed by atoms with Gasteiger partial charge in [0.1, 0.15) is 35.7 Å². The summed E-state index contributed by atoms with van der Waals surface area (Å²) >= 11 is 0. The maximum absolute atomic E-state index is 10.6. The molecule has 2 aromatic heterocycles. The molecule has 10 nitrogen and oxygen atoms in total. The van der Waals surface area contributed by atoms with Gasteiger partial charge in [0.25, 0.3) is 0 Å². The number of anilines is 1. The van der Waals surface area contributed by atoms with E-state index in [9.17, 15) is 20.7 Å². The molecule has 4 atom stereocenters. The molecule has 2 aromatic rings. The quantitative estimate of drug-likeness (QED) is 0.610. The molecule has 0 amide bonds. The van der Waals surface area contributed by atoms with Crippen LogP contribution in [0.25, 0.3) is 5.65 Å². The van der Waals surface area contributed by atoms with E-state index in [2.05, 4.69) is 15.1 Å². The zero-order valence-electron chi connectivity index (χ0n) is 12.1. The highest BCUT2D eigenvalue weighted by Gasteiger charge is 2.64. The fourth-order valence-corrected chi connectivity index (χ4v) is 2.90. The first kappa shape index (κ1) is 15.1. The molecule has 3 heterocycles. The molecule has 1 saturated heterocycles. The second-order valence-corrected chi connectivity index (χ2v) is 5.45. The Balaban J connectivity index is 2.28. The van der Waals surface area contributed by atoms with Crippen molar-refractivity contribution in [2.24, 2.45) is 5.92 Å². The van der Waals surface area contributed by atoms with Gasteiger partial charge in [0.05, 0.1) is 18.9 Å². The molecule has 0 saturated carbocycles. The summed E-state index contributed by atoms with van der Waals surface area (Å²) in [4.78, 5) is 7.85. The average molecular weight is 315 g/mol. The number of imidazole rings is 1. The third-order valence-electron chi connectivity index (χ3n) is 4.14. The molecule has 3 rings (SSSR count). The highest BCUT2D eigenvalue weighted by Crippen LogP contribution is 2.48. The summed E-state index contributed by atoms with van der Waals surface area (Å²) in [6.07, 6.45) is 1.36. The Morgan fingerprint density at radius 3 is 2.83 bits per heavy atom. The van der Waals surface area contributed by atoms with Crippen LogP contribution in [0.2, 0.25) is 0 Å². The molecule has 0 bridgehead atoms. The number of hydrogen-bond acceptors (Lipinski definition) is 9. The van der Waals surface area contributed by atoms with Crippen LogP contribution < -0.4 is 5.73 Å². The van der Waals surface area contributed by atoms with Gasteiger partial charge in [-0.15, -0.1) is 0 Å². The molecule has 1 aliphatic rings. The number of ether oxygens (including phenoxy) is 1. The van der Waals surface area contributed by atoms with Crippen LogP contribution in [0.4, 0.5) is 5.82 Å². The van der Waals surface area contributed by atoms with E-state index in [1.54, 1.807) is 0 Å². The van der Waals surface area contributed by atoms with Gasteiger partial charge in [0, 0.05) is 0 Å². The number of hydrogen-bond donors (Lipinski definition) is 3. The number of fused-ring (bicyclic) bond motifs is 1. The van der Waals surface area contributed by atoms with Crippen molar-refractivity contribution in [3.05, 3.63) is 18.2 Å². The largest absolute Gasteiger partial charge is 0.394 e. The predicted octanol–water partition coefficient (Wildman–Crippen LogP) is -1.29. The van der Waals surface area contributed by atoms with Crippen molar-refractivity contribution in [2.75, 3.05) is 12.3 Å². The molecule has 0 radical (unpaired) electrons. The van der Waals surface area contributed by atoms with Crippen LogP contribution in [0.15, 0.2) is 12.5 Å². The lowest BCUT2D eigenvalue weighted by molar-refractivity contribution is -0.0794. The molecular weight excluding hydrogens is 302 g/mol. The molecule has 0 aromatic carbocycles. The van der Waals surface area contributed by atoms with Gasteiger partial charge >= 0.3 is 0 Å². The summed E-state index contributed by atoms with van der Waals surface area (Å²) in [5.41, 5.74) is 2.45. The number of aliphatic hydroxyl groups excluding tert-OH is 1. The van der Waals surface area contributed by atoms with E-state index in [4.69, 9.17) is 10.5 Å². The molecular formula is C13H13N7O3. The van der Waals surface area contributed by atoms with Gasteiger partial charge in [-0.25, -0.2) is 14.5 Å². The second kappa shape index (κ2) is 4.86. The number of nitrogens with zero attached hydrogens (tertiary/aromatic N) is 6. The third kappa shape index (κ3) is 1.80. The number of aliphatic hydroxyl groups is 2. The molecule has 1 aliphatic heterocycles. The van der Waals surface area contributed by atoms with Crippen molar-refractivity contribution in [3.63, 3.8) is 0 Å². The highest BCUT2D eigenvalue weighted by molar-refractivity contribution is 5.59. The van der Waals surface area contributed by atoms with E-state index in [1.807, 2.05) is 12.1 Å². The van der Waals surface area contributed by atoms with E-state index in [1.165, 1.54) is 24.0 Å². The predicted molar refractivity (Wildman–Crippen MR) is 74.2 cm³/mol. The normalized spacial score (nSPS) is 33.4. The van der Waals surface area contributed by atoms with E-state index in [0.717, 1.165) is 0 Å². The first-order chi connectivity index (χ1) is 10.9. The van der Waals surface area contributed by atoms with Gasteiger partial charge in [-0.2, -0.15) is 15.6 Å². The topological polar surface area (TPSA) is 166 Å². The number of rotatable bonds is 2. The first-order valence-corrected chi connectivity index (χ1v) is 6.69. The summed E-state index contributed by atoms with van der Waals surface area (Å²) in [7, 11) is 0. The summed E-state index contributed by atoms with van der Waals surface area (Å²) in [6.45, 7) is 0.788. The standard InChI is InChI=1S/C13H13N7O3/c1-12(22)7(2-14)13(5-15,23-9(12)4-21)8-3-17-11-10(16)18-6-19-20(8)11/h3,6-7,9,21-22H,4H2,1H3,(H2,16,18,19)/t7-,9-,12+,13-/m1/s1. The first-order valence-electron chi connectivity index (χ1n) is 6.69. The minimum absolute atomic E-state index is 0.0938. The van der Waals surface area contributed by atoms with Crippen LogP contribution in [-0.2, 0) is 10.3 Å². The third-order valence-corrected chi connectivity index (χ3v) is 4.14. The van der Waals surface area contributed by atoms with Gasteiger partial charge in [-0.1, -0.05) is 0 Å². The number of nitriles is 2. The Kier molecular flexibility index (Phi) is 3.19. The lowest BCUT2D eigenvalue weighted by atomic mass is 9.77. The van der Waals surface area contributed by atoms with Crippen LogP contribution in [0, 0.1) is 28.6 Å². The van der Waals surface area contributed by atoms with Crippen LogP contribution in [0.5, 0.6) is 0 Å². The monoisotopic (exact) mass is 315 g/mol. The minimum atomic E-state index is -1.86. The Bertz CT molecular complexity index is 849. The van der Waals surface area contributed by atoms with Gasteiger partial charge in [-0.3, -0.25) is 0 Å². The summed E-state index contributed by atoms with van der Waals surface area (Å²) < 4.78 is 6.85. The molecule has 1 fully saturated rings. The molecule has 23 heavy (non-hydrogen) atoms. The lowest BCUT2D eigenvalue weighted by Gasteiger charge is -2.26. The maximum atomic E-state index is 10.6. The van der Waals surface area contributed by atoms with Crippen molar-refractivity contribution >= 4 is 11.5 Å². The van der Waals surface area contributed by atoms with E-state index >= 15 is 0 Å². The Morgan fingerprint density at radius 2 is 2.22 bits per heavy atom. The van der Waals surface area contributed by atoms with Crippen molar-refractivity contribution in [1.82, 2.24) is 19.6 Å². The van der Waals surface area contributed by atoms with Crippen LogP contribution in [0.3, 0.4) is 0 Å². The number of nitrogen functional groups attached to an aromatic ring is 1. The van der Waals surface area contributed by atoms with Gasteiger partial charge in [0.2, 0.25) is 5.60 Å². The van der Waals surface area contributed by atoms with Crippen molar-refractivity contribution in [2.45, 2.75) is 24.2 Å². The average Bonchev–Trinajstić information content (AvgIpc) is 3.05. The highest BCUT2D eigenvalue weighted by atomic mass is 16.5. The van der Waals surface area contributed by atoms with Gasteiger partial charge < -0.3 is 20.7 Å². The number of aromatic nitrogens is 4. The lowest BCUT2D eigenvalue weighted by Crippen LogP contribution is -2.44. The fraction of sp³-hybridized carbons (Fsp3) is 0.462. The van der Waals surface area contributed by atoms with E-state index < -0.39 is 29.8 Å². The summed E-state index contributed by atoms with van der Waals surface area (Å²) in [5.74, 6) is -1.18. The maximum Gasteiger partial charge on any atom is 0.217 e. The fourth-order valence-electron chi connectivity index (χ4n) is 2.90. The molecule has 0 unspecified atom stereocenters. The molecule has 10 heteroatoms. The van der Waals surface area contributed by atoms with Gasteiger partial charge in [-0.05, 0) is 6.92 Å². The summed E-state index contributed by atoms with van der Waals surface area (Å²) in [5, 5.41) is 43.2. The van der Waals surface area contributed by atoms with Gasteiger partial charge in [0.15, 0.2) is 11.5 Å². The zero-order valence-corrected chi connectivity index (χ0v) is 12.1. The molecule has 118 valence electrons. The zero-order chi connectivity index (χ0) is 16.8. The van der Waals surface area contributed by atoms with E-state index in [-0.39, 0.29) is 17.2 Å². The Morgan fingerprint density at radius 1 is 1.48 bits per heavy atom. The number of nitrogens with two attached hydrogens (primary N) is 1. The Labute approximate surface area is 130 Å². The van der Waals surface area contributed by atoms with Crippen LogP contribution >= 0.6 is 0 Å². The SMILES string of the molecule is C[C@]1(O)[C@@H](C#N)[C@](C#N)(c2cnc3c(N)ncnn23)O[C@@H]1CO. The second-order valence-electron chi connectivity index (χ2n) is 5.45. The molecule has 4 N–H and O–H groups in total.